The maximum absolute atomic E-state index is 12.4. The maximum atomic E-state index is 12.4. The molecule has 2 aliphatic carbocycles. The lowest BCUT2D eigenvalue weighted by Crippen LogP contribution is -2.29. The molecule has 0 radical (unpaired) electrons. The van der Waals surface area contributed by atoms with E-state index in [1.807, 2.05) is 11.5 Å². The summed E-state index contributed by atoms with van der Waals surface area (Å²) >= 11 is 0. The predicted molar refractivity (Wildman–Crippen MR) is 126 cm³/mol. The molecule has 0 saturated heterocycles. The topological polar surface area (TPSA) is 134 Å². The average Bonchev–Trinajstić information content (AvgIpc) is 3.50. The van der Waals surface area contributed by atoms with Crippen LogP contribution in [0.4, 0.5) is 17.5 Å². The van der Waals surface area contributed by atoms with Crippen molar-refractivity contribution in [3.63, 3.8) is 0 Å². The van der Waals surface area contributed by atoms with Crippen molar-refractivity contribution in [2.45, 2.75) is 75.1 Å². The van der Waals surface area contributed by atoms with E-state index in [1.165, 1.54) is 0 Å². The molecule has 2 aliphatic rings. The van der Waals surface area contributed by atoms with E-state index in [0.717, 1.165) is 50.7 Å². The minimum atomic E-state index is -3.50. The number of aliphatic hydroxyl groups is 1. The van der Waals surface area contributed by atoms with Gasteiger partial charge >= 0.3 is 0 Å². The zero-order chi connectivity index (χ0) is 23.0. The lowest BCUT2D eigenvalue weighted by Gasteiger charge is -2.26. The second-order valence-corrected chi connectivity index (χ2v) is 10.5. The van der Waals surface area contributed by atoms with Crippen LogP contribution in [-0.2, 0) is 16.6 Å². The van der Waals surface area contributed by atoms with Gasteiger partial charge in [0, 0.05) is 24.3 Å². The first-order valence-electron chi connectivity index (χ1n) is 11.5. The number of anilines is 3. The molecule has 3 aromatic rings. The molecule has 0 unspecified atom stereocenters. The fourth-order valence-electron chi connectivity index (χ4n) is 4.07. The molecule has 0 atom stereocenters. The number of aryl methyl sites for hydroxylation is 1. The lowest BCUT2D eigenvalue weighted by molar-refractivity contribution is 0.126. The van der Waals surface area contributed by atoms with Crippen molar-refractivity contribution < 1.29 is 13.5 Å². The standard InChI is InChI=1S/C22H29N7O3S/c1-2-29-13-23-19-20(26-22(27-21(19)29)25-15-5-9-17(30)10-6-15)24-14-7-11-18(12-8-14)33(31,32)28-16-3-4-16/h7-8,11-13,15-17,28,30H,2-6,9-10H2,1H3,(H2,24,25,26,27). The first-order valence-corrected chi connectivity index (χ1v) is 13.0. The molecule has 2 fully saturated rings. The number of aromatic nitrogens is 4. The summed E-state index contributed by atoms with van der Waals surface area (Å²) < 4.78 is 29.5. The van der Waals surface area contributed by atoms with Crippen LogP contribution in [0.25, 0.3) is 11.2 Å². The van der Waals surface area contributed by atoms with Gasteiger partial charge in [-0.05, 0) is 69.7 Å². The number of nitrogens with one attached hydrogen (secondary N) is 3. The van der Waals surface area contributed by atoms with Gasteiger partial charge in [0.05, 0.1) is 17.3 Å². The minimum absolute atomic E-state index is 0.0640. The van der Waals surface area contributed by atoms with Gasteiger partial charge in [0.2, 0.25) is 16.0 Å². The number of nitrogens with zero attached hydrogens (tertiary/aromatic N) is 4. The Hall–Kier alpha value is -2.76. The van der Waals surface area contributed by atoms with Gasteiger partial charge in [-0.15, -0.1) is 0 Å². The van der Waals surface area contributed by atoms with Gasteiger partial charge in [0.25, 0.3) is 0 Å². The zero-order valence-electron chi connectivity index (χ0n) is 18.5. The molecular formula is C22H29N7O3S. The second-order valence-electron chi connectivity index (χ2n) is 8.79. The van der Waals surface area contributed by atoms with Crippen molar-refractivity contribution in [2.75, 3.05) is 10.6 Å². The number of rotatable bonds is 8. The van der Waals surface area contributed by atoms with Gasteiger partial charge < -0.3 is 20.3 Å². The van der Waals surface area contributed by atoms with Crippen LogP contribution in [0.15, 0.2) is 35.5 Å². The van der Waals surface area contributed by atoms with E-state index < -0.39 is 10.0 Å². The third-order valence-corrected chi connectivity index (χ3v) is 7.70. The highest BCUT2D eigenvalue weighted by atomic mass is 32.2. The van der Waals surface area contributed by atoms with E-state index >= 15 is 0 Å². The first-order chi connectivity index (χ1) is 15.9. The summed E-state index contributed by atoms with van der Waals surface area (Å²) in [5, 5.41) is 16.5. The van der Waals surface area contributed by atoms with Crippen molar-refractivity contribution >= 4 is 38.6 Å². The van der Waals surface area contributed by atoms with E-state index in [9.17, 15) is 13.5 Å². The highest BCUT2D eigenvalue weighted by Crippen LogP contribution is 2.28. The smallest absolute Gasteiger partial charge is 0.240 e. The van der Waals surface area contributed by atoms with Crippen LogP contribution < -0.4 is 15.4 Å². The molecule has 0 spiro atoms. The molecule has 0 bridgehead atoms. The number of hydrogen-bond acceptors (Lipinski definition) is 8. The Morgan fingerprint density at radius 1 is 1.03 bits per heavy atom. The summed E-state index contributed by atoms with van der Waals surface area (Å²) in [5.74, 6) is 1.06. The molecule has 1 aromatic carbocycles. The normalized spacial score (nSPS) is 21.3. The zero-order valence-corrected chi connectivity index (χ0v) is 19.3. The number of hydrogen-bond donors (Lipinski definition) is 4. The van der Waals surface area contributed by atoms with Crippen molar-refractivity contribution in [3.05, 3.63) is 30.6 Å². The van der Waals surface area contributed by atoms with Crippen molar-refractivity contribution in [1.82, 2.24) is 24.2 Å². The molecule has 10 nitrogen and oxygen atoms in total. The van der Waals surface area contributed by atoms with Crippen LogP contribution in [-0.4, -0.2) is 51.2 Å². The van der Waals surface area contributed by atoms with Gasteiger partial charge in [0.1, 0.15) is 0 Å². The monoisotopic (exact) mass is 471 g/mol. The van der Waals surface area contributed by atoms with E-state index in [0.29, 0.717) is 23.0 Å². The van der Waals surface area contributed by atoms with Crippen LogP contribution in [0.5, 0.6) is 0 Å². The Morgan fingerprint density at radius 2 is 1.73 bits per heavy atom. The Labute approximate surface area is 192 Å². The molecule has 5 rings (SSSR count). The fraction of sp³-hybridized carbons (Fsp3) is 0.500. The summed E-state index contributed by atoms with van der Waals surface area (Å²) in [7, 11) is -3.50. The van der Waals surface area contributed by atoms with E-state index in [1.54, 1.807) is 30.6 Å². The van der Waals surface area contributed by atoms with Crippen LogP contribution >= 0.6 is 0 Å². The minimum Gasteiger partial charge on any atom is -0.393 e. The Bertz CT molecular complexity index is 1230. The molecule has 2 aromatic heterocycles. The van der Waals surface area contributed by atoms with E-state index in [-0.39, 0.29) is 23.1 Å². The van der Waals surface area contributed by atoms with Gasteiger partial charge in [-0.2, -0.15) is 9.97 Å². The highest BCUT2D eigenvalue weighted by molar-refractivity contribution is 7.89. The predicted octanol–water partition coefficient (Wildman–Crippen LogP) is 2.75. The number of benzene rings is 1. The Kier molecular flexibility index (Phi) is 5.94. The number of aliphatic hydroxyl groups excluding tert-OH is 1. The third-order valence-electron chi connectivity index (χ3n) is 6.16. The summed E-state index contributed by atoms with van der Waals surface area (Å²) in [6.07, 6.45) is 6.56. The van der Waals surface area contributed by atoms with Crippen LogP contribution in [0.2, 0.25) is 0 Å². The third kappa shape index (κ3) is 4.94. The number of sulfonamides is 1. The lowest BCUT2D eigenvalue weighted by atomic mass is 9.93. The summed E-state index contributed by atoms with van der Waals surface area (Å²) in [4.78, 5) is 14.1. The average molecular weight is 472 g/mol. The first kappa shape index (κ1) is 22.1. The van der Waals surface area contributed by atoms with Crippen LogP contribution in [0.3, 0.4) is 0 Å². The number of fused-ring (bicyclic) bond motifs is 1. The van der Waals surface area contributed by atoms with Gasteiger partial charge in [-0.3, -0.25) is 0 Å². The Morgan fingerprint density at radius 3 is 2.39 bits per heavy atom. The molecule has 2 saturated carbocycles. The molecule has 2 heterocycles. The second kappa shape index (κ2) is 8.88. The molecule has 4 N–H and O–H groups in total. The van der Waals surface area contributed by atoms with Gasteiger partial charge in [-0.1, -0.05) is 0 Å². The number of imidazole rings is 1. The molecule has 0 aliphatic heterocycles. The van der Waals surface area contributed by atoms with Crippen LogP contribution in [0, 0.1) is 0 Å². The largest absolute Gasteiger partial charge is 0.393 e. The van der Waals surface area contributed by atoms with Gasteiger partial charge in [-0.25, -0.2) is 18.1 Å². The molecule has 33 heavy (non-hydrogen) atoms. The quantitative estimate of drug-likeness (QED) is 0.394. The van der Waals surface area contributed by atoms with Crippen molar-refractivity contribution in [1.29, 1.82) is 0 Å². The maximum Gasteiger partial charge on any atom is 0.240 e. The fourth-order valence-corrected chi connectivity index (χ4v) is 5.38. The van der Waals surface area contributed by atoms with Crippen molar-refractivity contribution in [2.24, 2.45) is 0 Å². The SMILES string of the molecule is CCn1cnc2c(Nc3ccc(S(=O)(=O)NC4CC4)cc3)nc(NC3CCC(O)CC3)nc21. The molecule has 11 heteroatoms. The summed E-state index contributed by atoms with van der Waals surface area (Å²) in [6, 6.07) is 6.89. The Balaban J connectivity index is 1.40. The molecule has 176 valence electrons. The molecular weight excluding hydrogens is 442 g/mol. The summed E-state index contributed by atoms with van der Waals surface area (Å²) in [6.45, 7) is 2.75. The molecule has 0 amide bonds. The van der Waals surface area contributed by atoms with Crippen LogP contribution in [0.1, 0.15) is 45.4 Å². The van der Waals surface area contributed by atoms with Crippen molar-refractivity contribution in [3.8, 4) is 0 Å². The van der Waals surface area contributed by atoms with Gasteiger partial charge in [0.15, 0.2) is 17.0 Å². The van der Waals surface area contributed by atoms with E-state index in [4.69, 9.17) is 0 Å². The highest BCUT2D eigenvalue weighted by Gasteiger charge is 2.28. The van der Waals surface area contributed by atoms with E-state index in [2.05, 4.69) is 30.3 Å². The summed E-state index contributed by atoms with van der Waals surface area (Å²) in [5.41, 5.74) is 2.08.